The SMILES string of the molecule is O=C1C=C(O)CC(/C=C/c2ccc(O)c(O)c2)O1. The maximum absolute atomic E-state index is 11.0. The zero-order valence-electron chi connectivity index (χ0n) is 9.41. The Labute approximate surface area is 103 Å². The van der Waals surface area contributed by atoms with Crippen LogP contribution in [0.3, 0.4) is 0 Å². The fourth-order valence-corrected chi connectivity index (χ4v) is 1.60. The molecule has 0 aromatic heterocycles. The predicted molar refractivity (Wildman–Crippen MR) is 64.0 cm³/mol. The number of esters is 1. The summed E-state index contributed by atoms with van der Waals surface area (Å²) in [6, 6.07) is 4.34. The number of hydrogen-bond donors (Lipinski definition) is 3. The van der Waals surface area contributed by atoms with Crippen LogP contribution in [0.15, 0.2) is 36.1 Å². The zero-order valence-corrected chi connectivity index (χ0v) is 9.41. The van der Waals surface area contributed by atoms with Gasteiger partial charge < -0.3 is 20.1 Å². The number of hydrogen-bond acceptors (Lipinski definition) is 5. The lowest BCUT2D eigenvalue weighted by Gasteiger charge is -2.17. The molecule has 5 nitrogen and oxygen atoms in total. The molecule has 0 saturated heterocycles. The van der Waals surface area contributed by atoms with E-state index in [1.807, 2.05) is 0 Å². The van der Waals surface area contributed by atoms with Crippen LogP contribution in [0, 0.1) is 0 Å². The van der Waals surface area contributed by atoms with Crippen molar-refractivity contribution in [2.75, 3.05) is 0 Å². The minimum absolute atomic E-state index is 0.0190. The standard InChI is InChI=1S/C13H12O5/c14-9-6-10(18-13(17)7-9)3-1-8-2-4-11(15)12(16)5-8/h1-5,7,10,14-16H,6H2/b3-1+. The van der Waals surface area contributed by atoms with Crippen LogP contribution < -0.4 is 0 Å². The molecule has 3 N–H and O–H groups in total. The highest BCUT2D eigenvalue weighted by molar-refractivity contribution is 5.83. The fourth-order valence-electron chi connectivity index (χ4n) is 1.60. The normalized spacial score (nSPS) is 19.7. The van der Waals surface area contributed by atoms with Gasteiger partial charge in [0.25, 0.3) is 0 Å². The maximum atomic E-state index is 11.0. The van der Waals surface area contributed by atoms with Gasteiger partial charge in [-0.05, 0) is 23.8 Å². The fraction of sp³-hybridized carbons (Fsp3) is 0.154. The number of aromatic hydroxyl groups is 2. The highest BCUT2D eigenvalue weighted by Gasteiger charge is 2.18. The van der Waals surface area contributed by atoms with Gasteiger partial charge in [-0.25, -0.2) is 4.79 Å². The molecule has 0 radical (unpaired) electrons. The molecule has 0 fully saturated rings. The van der Waals surface area contributed by atoms with Crippen molar-refractivity contribution in [3.63, 3.8) is 0 Å². The molecule has 0 aliphatic carbocycles. The van der Waals surface area contributed by atoms with Crippen molar-refractivity contribution in [1.29, 1.82) is 0 Å². The van der Waals surface area contributed by atoms with E-state index in [4.69, 9.17) is 9.84 Å². The van der Waals surface area contributed by atoms with Crippen LogP contribution in [-0.4, -0.2) is 27.4 Å². The first-order valence-electron chi connectivity index (χ1n) is 5.35. The predicted octanol–water partition coefficient (Wildman–Crippen LogP) is 1.87. The molecule has 94 valence electrons. The van der Waals surface area contributed by atoms with Crippen molar-refractivity contribution in [2.24, 2.45) is 0 Å². The first kappa shape index (κ1) is 12.0. The number of carbonyl (C=O) groups excluding carboxylic acids is 1. The van der Waals surface area contributed by atoms with Gasteiger partial charge in [-0.1, -0.05) is 12.1 Å². The molecule has 0 bridgehead atoms. The lowest BCUT2D eigenvalue weighted by molar-refractivity contribution is -0.142. The van der Waals surface area contributed by atoms with Crippen LogP contribution in [0.4, 0.5) is 0 Å². The number of benzene rings is 1. The van der Waals surface area contributed by atoms with E-state index in [1.165, 1.54) is 12.1 Å². The average molecular weight is 248 g/mol. The summed E-state index contributed by atoms with van der Waals surface area (Å²) >= 11 is 0. The summed E-state index contributed by atoms with van der Waals surface area (Å²) < 4.78 is 4.96. The van der Waals surface area contributed by atoms with Crippen molar-refractivity contribution < 1.29 is 24.9 Å². The second kappa shape index (κ2) is 4.83. The molecule has 18 heavy (non-hydrogen) atoms. The molecule has 1 unspecified atom stereocenters. The Morgan fingerprint density at radius 1 is 1.22 bits per heavy atom. The van der Waals surface area contributed by atoms with Crippen molar-refractivity contribution in [2.45, 2.75) is 12.5 Å². The minimum Gasteiger partial charge on any atom is -0.512 e. The summed E-state index contributed by atoms with van der Waals surface area (Å²) in [7, 11) is 0. The van der Waals surface area contributed by atoms with Crippen LogP contribution in [-0.2, 0) is 9.53 Å². The van der Waals surface area contributed by atoms with Crippen LogP contribution in [0.25, 0.3) is 6.08 Å². The van der Waals surface area contributed by atoms with Crippen molar-refractivity contribution >= 4 is 12.0 Å². The number of rotatable bonds is 2. The molecule has 1 aromatic carbocycles. The Bertz CT molecular complexity index is 530. The van der Waals surface area contributed by atoms with Crippen LogP contribution in [0.2, 0.25) is 0 Å². The second-order valence-electron chi connectivity index (χ2n) is 3.92. The van der Waals surface area contributed by atoms with E-state index in [9.17, 15) is 15.0 Å². The first-order valence-corrected chi connectivity index (χ1v) is 5.35. The lowest BCUT2D eigenvalue weighted by atomic mass is 10.1. The average Bonchev–Trinajstić information content (AvgIpc) is 2.29. The van der Waals surface area contributed by atoms with E-state index >= 15 is 0 Å². The number of aliphatic hydroxyl groups excluding tert-OH is 1. The third-order valence-electron chi connectivity index (χ3n) is 2.47. The van der Waals surface area contributed by atoms with Crippen LogP contribution in [0.1, 0.15) is 12.0 Å². The van der Waals surface area contributed by atoms with Crippen molar-refractivity contribution in [3.8, 4) is 11.5 Å². The van der Waals surface area contributed by atoms with E-state index in [0.29, 0.717) is 5.56 Å². The Hall–Kier alpha value is -2.43. The van der Waals surface area contributed by atoms with Gasteiger partial charge in [-0.15, -0.1) is 0 Å². The quantitative estimate of drug-likeness (QED) is 0.549. The number of cyclic esters (lactones) is 1. The van der Waals surface area contributed by atoms with Crippen LogP contribution >= 0.6 is 0 Å². The Kier molecular flexibility index (Phi) is 3.23. The number of ether oxygens (including phenoxy) is 1. The first-order chi connectivity index (χ1) is 8.54. The number of phenols is 2. The van der Waals surface area contributed by atoms with E-state index in [-0.39, 0.29) is 23.7 Å². The Morgan fingerprint density at radius 2 is 2.00 bits per heavy atom. The van der Waals surface area contributed by atoms with Crippen LogP contribution in [0.5, 0.6) is 11.5 Å². The largest absolute Gasteiger partial charge is 0.512 e. The molecule has 1 aromatic rings. The van der Waals surface area contributed by atoms with E-state index in [1.54, 1.807) is 18.2 Å². The minimum atomic E-state index is -0.582. The van der Waals surface area contributed by atoms with Gasteiger partial charge in [0, 0.05) is 6.42 Å². The van der Waals surface area contributed by atoms with Gasteiger partial charge in [0.1, 0.15) is 11.9 Å². The molecular formula is C13H12O5. The third kappa shape index (κ3) is 2.82. The summed E-state index contributed by atoms with van der Waals surface area (Å²) in [5, 5.41) is 27.7. The Balaban J connectivity index is 2.09. The number of aliphatic hydroxyl groups is 1. The van der Waals surface area contributed by atoms with Gasteiger partial charge in [0.05, 0.1) is 6.08 Å². The topological polar surface area (TPSA) is 87.0 Å². The summed E-state index contributed by atoms with van der Waals surface area (Å²) in [5.41, 5.74) is 0.649. The van der Waals surface area contributed by atoms with Gasteiger partial charge in [0.15, 0.2) is 11.5 Å². The molecule has 1 atom stereocenters. The van der Waals surface area contributed by atoms with E-state index < -0.39 is 12.1 Å². The second-order valence-corrected chi connectivity index (χ2v) is 3.92. The third-order valence-corrected chi connectivity index (χ3v) is 2.47. The molecule has 5 heteroatoms. The van der Waals surface area contributed by atoms with E-state index in [2.05, 4.69) is 0 Å². The van der Waals surface area contributed by atoms with Gasteiger partial charge in [0.2, 0.25) is 0 Å². The highest BCUT2D eigenvalue weighted by Crippen LogP contribution is 2.25. The highest BCUT2D eigenvalue weighted by atomic mass is 16.5. The summed E-state index contributed by atoms with van der Waals surface area (Å²) in [6.07, 6.45) is 3.98. The zero-order chi connectivity index (χ0) is 13.1. The smallest absolute Gasteiger partial charge is 0.334 e. The molecule has 1 heterocycles. The summed E-state index contributed by atoms with van der Waals surface area (Å²) in [4.78, 5) is 11.0. The lowest BCUT2D eigenvalue weighted by Crippen LogP contribution is -2.20. The molecule has 1 aliphatic rings. The van der Waals surface area contributed by atoms with E-state index in [0.717, 1.165) is 6.08 Å². The van der Waals surface area contributed by atoms with Gasteiger partial charge in [-0.2, -0.15) is 0 Å². The summed E-state index contributed by atoms with van der Waals surface area (Å²) in [6.45, 7) is 0. The monoisotopic (exact) mass is 248 g/mol. The summed E-state index contributed by atoms with van der Waals surface area (Å²) in [5.74, 6) is -1.02. The molecule has 1 aliphatic heterocycles. The molecule has 0 spiro atoms. The maximum Gasteiger partial charge on any atom is 0.334 e. The van der Waals surface area contributed by atoms with Gasteiger partial charge >= 0.3 is 5.97 Å². The molecule has 0 amide bonds. The Morgan fingerprint density at radius 3 is 2.67 bits per heavy atom. The number of phenolic OH excluding ortho intramolecular Hbond substituents is 2. The number of carbonyl (C=O) groups is 1. The molecular weight excluding hydrogens is 236 g/mol. The van der Waals surface area contributed by atoms with Crippen molar-refractivity contribution in [3.05, 3.63) is 41.7 Å². The molecule has 2 rings (SSSR count). The van der Waals surface area contributed by atoms with Crippen molar-refractivity contribution in [1.82, 2.24) is 0 Å². The molecule has 0 saturated carbocycles. The van der Waals surface area contributed by atoms with Gasteiger partial charge in [-0.3, -0.25) is 0 Å².